The smallest absolute Gasteiger partial charge is 0.306 e. The van der Waals surface area contributed by atoms with Gasteiger partial charge in [-0.15, -0.1) is 0 Å². The number of carbonyl (C=O) groups excluding carboxylic acids is 2. The lowest BCUT2D eigenvalue weighted by Crippen LogP contribution is -2.28. The van der Waals surface area contributed by atoms with Crippen molar-refractivity contribution in [2.45, 2.75) is 277 Å². The van der Waals surface area contributed by atoms with Crippen LogP contribution in [0.3, 0.4) is 0 Å². The minimum absolute atomic E-state index is 0.0671. The van der Waals surface area contributed by atoms with E-state index in [1.807, 2.05) is 0 Å². The number of carbonyl (C=O) groups is 2. The topological polar surface area (TPSA) is 72.8 Å². The molecule has 5 nitrogen and oxygen atoms in total. The fraction of sp³-hybridized carbons (Fsp3) is 0.818. The van der Waals surface area contributed by atoms with Gasteiger partial charge in [-0.05, 0) is 77.0 Å². The van der Waals surface area contributed by atoms with Gasteiger partial charge in [0.1, 0.15) is 6.61 Å². The number of esters is 2. The summed E-state index contributed by atoms with van der Waals surface area (Å²) in [5, 5.41) is 9.63. The molecule has 0 radical (unpaired) electrons. The van der Waals surface area contributed by atoms with Crippen LogP contribution in [0.2, 0.25) is 0 Å². The lowest BCUT2D eigenvalue weighted by atomic mass is 10.0. The lowest BCUT2D eigenvalue weighted by molar-refractivity contribution is -0.161. The molecule has 1 N–H and O–H groups in total. The number of hydrogen-bond donors (Lipinski definition) is 1. The maximum absolute atomic E-state index is 12.3. The summed E-state index contributed by atoms with van der Waals surface area (Å²) in [5.74, 6) is -0.587. The third-order valence-electron chi connectivity index (χ3n) is 11.6. The van der Waals surface area contributed by atoms with Crippen LogP contribution in [0.4, 0.5) is 0 Å². The van der Waals surface area contributed by atoms with Crippen LogP contribution in [0, 0.1) is 0 Å². The van der Waals surface area contributed by atoms with Crippen molar-refractivity contribution in [2.75, 3.05) is 13.2 Å². The van der Waals surface area contributed by atoms with E-state index in [9.17, 15) is 14.7 Å². The van der Waals surface area contributed by atoms with E-state index in [1.54, 1.807) is 0 Å². The quantitative estimate of drug-likeness (QED) is 0.0375. The average Bonchev–Trinajstić information content (AvgIpc) is 3.25. The minimum atomic E-state index is -0.774. The monoisotopic (exact) mass is 841 g/mol. The Morgan fingerprint density at radius 1 is 0.383 bits per heavy atom. The number of aliphatic hydroxyl groups excluding tert-OH is 1. The van der Waals surface area contributed by atoms with Crippen LogP contribution in [0.1, 0.15) is 271 Å². The normalized spacial score (nSPS) is 12.5. The zero-order chi connectivity index (χ0) is 43.5. The van der Waals surface area contributed by atoms with E-state index in [1.165, 1.54) is 193 Å². The third kappa shape index (κ3) is 48.5. The average molecular weight is 841 g/mol. The van der Waals surface area contributed by atoms with Gasteiger partial charge in [0.15, 0.2) is 6.10 Å². The molecule has 0 amide bonds. The highest BCUT2D eigenvalue weighted by Gasteiger charge is 2.16. The maximum atomic E-state index is 12.3. The first-order chi connectivity index (χ1) is 29.6. The van der Waals surface area contributed by atoms with Gasteiger partial charge in [-0.25, -0.2) is 0 Å². The second-order valence-corrected chi connectivity index (χ2v) is 17.6. The summed E-state index contributed by atoms with van der Waals surface area (Å²) in [6.07, 6.45) is 66.3. The van der Waals surface area contributed by atoms with E-state index in [4.69, 9.17) is 9.47 Å². The Hall–Kier alpha value is -2.14. The molecular formula is C55H100O5. The zero-order valence-electron chi connectivity index (χ0n) is 40.0. The van der Waals surface area contributed by atoms with E-state index < -0.39 is 6.10 Å². The van der Waals surface area contributed by atoms with E-state index in [2.05, 4.69) is 62.5 Å². The Labute approximate surface area is 373 Å². The second-order valence-electron chi connectivity index (χ2n) is 17.6. The first-order valence-corrected chi connectivity index (χ1v) is 26.2. The van der Waals surface area contributed by atoms with Crippen LogP contribution >= 0.6 is 0 Å². The summed E-state index contributed by atoms with van der Waals surface area (Å²) in [4.78, 5) is 24.5. The van der Waals surface area contributed by atoms with Gasteiger partial charge in [-0.2, -0.15) is 0 Å². The van der Waals surface area contributed by atoms with Gasteiger partial charge >= 0.3 is 11.9 Å². The SMILES string of the molecule is CCCCCCC/C=C\C/C=C\CCCCCCCCCCCCCCCC(=O)OC(CO)COC(=O)CCCCCCCCCCC/C=C\C/C=C\CCCCCCC. The first-order valence-electron chi connectivity index (χ1n) is 26.2. The summed E-state index contributed by atoms with van der Waals surface area (Å²) in [7, 11) is 0. The van der Waals surface area contributed by atoms with Gasteiger partial charge < -0.3 is 14.6 Å². The van der Waals surface area contributed by atoms with Gasteiger partial charge in [-0.1, -0.05) is 229 Å². The van der Waals surface area contributed by atoms with Gasteiger partial charge in [0.25, 0.3) is 0 Å². The minimum Gasteiger partial charge on any atom is -0.462 e. The predicted octanol–water partition coefficient (Wildman–Crippen LogP) is 17.3. The first kappa shape index (κ1) is 57.9. The molecule has 0 aromatic heterocycles. The molecule has 0 heterocycles. The van der Waals surface area contributed by atoms with Crippen LogP contribution in [-0.2, 0) is 19.1 Å². The molecule has 0 saturated heterocycles. The van der Waals surface area contributed by atoms with Crippen molar-refractivity contribution < 1.29 is 24.2 Å². The highest BCUT2D eigenvalue weighted by Crippen LogP contribution is 2.15. The zero-order valence-corrected chi connectivity index (χ0v) is 40.0. The molecule has 0 spiro atoms. The molecule has 0 aliphatic carbocycles. The van der Waals surface area contributed by atoms with Crippen molar-refractivity contribution in [3.05, 3.63) is 48.6 Å². The highest BCUT2D eigenvalue weighted by atomic mass is 16.6. The Bertz CT molecular complexity index is 997. The summed E-state index contributed by atoms with van der Waals surface area (Å²) < 4.78 is 10.7. The number of unbranched alkanes of at least 4 members (excludes halogenated alkanes) is 32. The van der Waals surface area contributed by atoms with E-state index >= 15 is 0 Å². The Balaban J connectivity index is 3.49. The Kier molecular flexibility index (Phi) is 49.4. The molecule has 0 aromatic rings. The largest absolute Gasteiger partial charge is 0.462 e. The number of rotatable bonds is 48. The van der Waals surface area contributed by atoms with Crippen molar-refractivity contribution >= 4 is 11.9 Å². The standard InChI is InChI=1S/C55H100O5/c1-3-5-7-9-11-13-15-17-19-21-23-25-26-27-28-30-32-34-36-38-40-42-44-46-48-50-55(58)60-53(51-56)52-59-54(57)49-47-45-43-41-39-37-35-33-31-29-24-22-20-18-16-14-12-10-8-6-4-2/h15-18,21-24,53,56H,3-14,19-20,25-52H2,1-2H3/b17-15-,18-16-,23-21-,24-22-. The van der Waals surface area contributed by atoms with E-state index in [0.29, 0.717) is 12.8 Å². The number of ether oxygens (including phenoxy) is 2. The molecular weight excluding hydrogens is 741 g/mol. The van der Waals surface area contributed by atoms with Gasteiger partial charge in [-0.3, -0.25) is 9.59 Å². The molecule has 0 saturated carbocycles. The number of aliphatic hydroxyl groups is 1. The van der Waals surface area contributed by atoms with E-state index in [-0.39, 0.29) is 25.2 Å². The fourth-order valence-electron chi connectivity index (χ4n) is 7.62. The van der Waals surface area contributed by atoms with Crippen LogP contribution in [0.15, 0.2) is 48.6 Å². The molecule has 350 valence electrons. The number of hydrogen-bond acceptors (Lipinski definition) is 5. The second kappa shape index (κ2) is 51.2. The molecule has 0 fully saturated rings. The van der Waals surface area contributed by atoms with E-state index in [0.717, 1.165) is 51.4 Å². The Morgan fingerprint density at radius 3 is 0.983 bits per heavy atom. The predicted molar refractivity (Wildman–Crippen MR) is 261 cm³/mol. The third-order valence-corrected chi connectivity index (χ3v) is 11.6. The summed E-state index contributed by atoms with van der Waals surface area (Å²) >= 11 is 0. The van der Waals surface area contributed by atoms with Crippen LogP contribution in [0.5, 0.6) is 0 Å². The van der Waals surface area contributed by atoms with Gasteiger partial charge in [0, 0.05) is 12.8 Å². The van der Waals surface area contributed by atoms with Crippen LogP contribution < -0.4 is 0 Å². The molecule has 0 rings (SSSR count). The lowest BCUT2D eigenvalue weighted by Gasteiger charge is -2.15. The van der Waals surface area contributed by atoms with Crippen molar-refractivity contribution in [1.82, 2.24) is 0 Å². The molecule has 5 heteroatoms. The van der Waals surface area contributed by atoms with Crippen molar-refractivity contribution in [3.63, 3.8) is 0 Å². The Morgan fingerprint density at radius 2 is 0.667 bits per heavy atom. The van der Waals surface area contributed by atoms with Crippen molar-refractivity contribution in [1.29, 1.82) is 0 Å². The molecule has 0 aliphatic heterocycles. The molecule has 1 atom stereocenters. The molecule has 0 aliphatic rings. The van der Waals surface area contributed by atoms with Crippen LogP contribution in [-0.4, -0.2) is 36.4 Å². The molecule has 1 unspecified atom stereocenters. The van der Waals surface area contributed by atoms with Crippen molar-refractivity contribution in [2.24, 2.45) is 0 Å². The fourth-order valence-corrected chi connectivity index (χ4v) is 7.62. The van der Waals surface area contributed by atoms with Gasteiger partial charge in [0.2, 0.25) is 0 Å². The highest BCUT2D eigenvalue weighted by molar-refractivity contribution is 5.70. The summed E-state index contributed by atoms with van der Waals surface area (Å²) in [6.45, 7) is 4.14. The summed E-state index contributed by atoms with van der Waals surface area (Å²) in [5.41, 5.74) is 0. The maximum Gasteiger partial charge on any atom is 0.306 e. The number of allylic oxidation sites excluding steroid dienone is 8. The van der Waals surface area contributed by atoms with Crippen LogP contribution in [0.25, 0.3) is 0 Å². The molecule has 60 heavy (non-hydrogen) atoms. The van der Waals surface area contributed by atoms with Gasteiger partial charge in [0.05, 0.1) is 6.61 Å². The van der Waals surface area contributed by atoms with Crippen molar-refractivity contribution in [3.8, 4) is 0 Å². The summed E-state index contributed by atoms with van der Waals surface area (Å²) in [6, 6.07) is 0. The molecule has 0 bridgehead atoms. The molecule has 0 aromatic carbocycles.